The molecule has 6 heteroatoms. The van der Waals surface area contributed by atoms with Gasteiger partial charge in [-0.25, -0.2) is 4.79 Å². The Morgan fingerprint density at radius 2 is 2.08 bits per heavy atom. The number of ether oxygens (including phenoxy) is 1. The number of nitrogens with zero attached hydrogens (tertiary/aromatic N) is 2. The van der Waals surface area contributed by atoms with Crippen LogP contribution in [0, 0.1) is 6.92 Å². The molecule has 24 heavy (non-hydrogen) atoms. The first-order valence-electron chi connectivity index (χ1n) is 8.09. The van der Waals surface area contributed by atoms with Gasteiger partial charge in [0.05, 0.1) is 10.9 Å². The fourth-order valence-electron chi connectivity index (χ4n) is 2.86. The molecule has 128 valence electrons. The van der Waals surface area contributed by atoms with E-state index < -0.39 is 11.4 Å². The van der Waals surface area contributed by atoms with E-state index in [0.29, 0.717) is 23.3 Å². The van der Waals surface area contributed by atoms with Crippen molar-refractivity contribution in [3.8, 4) is 5.75 Å². The maximum absolute atomic E-state index is 12.7. The number of benzene rings is 1. The summed E-state index contributed by atoms with van der Waals surface area (Å²) in [5.74, 6) is -0.548. The van der Waals surface area contributed by atoms with Crippen molar-refractivity contribution in [3.05, 3.63) is 39.7 Å². The third kappa shape index (κ3) is 3.01. The van der Waals surface area contributed by atoms with Gasteiger partial charge in [-0.3, -0.25) is 4.79 Å². The highest BCUT2D eigenvalue weighted by Crippen LogP contribution is 2.39. The molecule has 0 unspecified atom stereocenters. The molecule has 0 aliphatic heterocycles. The topological polar surface area (TPSA) is 71.8 Å². The second-order valence-electron chi connectivity index (χ2n) is 6.57. The van der Waals surface area contributed by atoms with E-state index in [2.05, 4.69) is 0 Å². The number of carboxylic acids is 1. The highest BCUT2D eigenvalue weighted by molar-refractivity contribution is 5.95. The zero-order valence-electron chi connectivity index (χ0n) is 14.2. The number of rotatable bonds is 6. The van der Waals surface area contributed by atoms with E-state index in [1.54, 1.807) is 0 Å². The second-order valence-corrected chi connectivity index (χ2v) is 6.57. The zero-order valence-corrected chi connectivity index (χ0v) is 14.2. The minimum Gasteiger partial charge on any atom is -0.490 e. The molecule has 2 aromatic rings. The van der Waals surface area contributed by atoms with Gasteiger partial charge in [0.25, 0.3) is 0 Å². The summed E-state index contributed by atoms with van der Waals surface area (Å²) in [4.78, 5) is 26.1. The predicted molar refractivity (Wildman–Crippen MR) is 92.2 cm³/mol. The first-order valence-corrected chi connectivity index (χ1v) is 8.09. The highest BCUT2D eigenvalue weighted by atomic mass is 16.5. The van der Waals surface area contributed by atoms with Crippen LogP contribution in [0.15, 0.2) is 23.1 Å². The van der Waals surface area contributed by atoms with Gasteiger partial charge in [-0.1, -0.05) is 6.07 Å². The zero-order chi connectivity index (χ0) is 17.4. The molecule has 6 nitrogen and oxygen atoms in total. The van der Waals surface area contributed by atoms with Crippen molar-refractivity contribution in [2.24, 2.45) is 0 Å². The van der Waals surface area contributed by atoms with Gasteiger partial charge in [0.1, 0.15) is 17.9 Å². The van der Waals surface area contributed by atoms with Gasteiger partial charge in [-0.2, -0.15) is 0 Å². The van der Waals surface area contributed by atoms with Crippen molar-refractivity contribution in [1.29, 1.82) is 0 Å². The molecule has 1 fully saturated rings. The van der Waals surface area contributed by atoms with Crippen LogP contribution in [0.5, 0.6) is 5.75 Å². The number of aryl methyl sites for hydroxylation is 1. The van der Waals surface area contributed by atoms with Gasteiger partial charge < -0.3 is 19.3 Å². The molecule has 0 spiro atoms. The van der Waals surface area contributed by atoms with Gasteiger partial charge >= 0.3 is 5.97 Å². The summed E-state index contributed by atoms with van der Waals surface area (Å²) in [6, 6.07) is 3.92. The molecule has 3 rings (SSSR count). The number of carbonyl (C=O) groups is 1. The fraction of sp³-hybridized carbons (Fsp3) is 0.444. The van der Waals surface area contributed by atoms with E-state index >= 15 is 0 Å². The molecule has 0 saturated heterocycles. The van der Waals surface area contributed by atoms with Crippen LogP contribution in [0.4, 0.5) is 0 Å². The summed E-state index contributed by atoms with van der Waals surface area (Å²) in [7, 11) is 3.94. The molecule has 0 bridgehead atoms. The summed E-state index contributed by atoms with van der Waals surface area (Å²) in [5.41, 5.74) is 0.867. The largest absolute Gasteiger partial charge is 0.490 e. The minimum absolute atomic E-state index is 0.178. The average molecular weight is 330 g/mol. The normalized spacial score (nSPS) is 14.3. The third-order valence-electron chi connectivity index (χ3n) is 4.31. The lowest BCUT2D eigenvalue weighted by molar-refractivity contribution is 0.0695. The molecule has 1 aromatic heterocycles. The first kappa shape index (κ1) is 16.5. The van der Waals surface area contributed by atoms with Crippen LogP contribution in [-0.2, 0) is 0 Å². The quantitative estimate of drug-likeness (QED) is 0.880. The molecule has 1 aliphatic rings. The molecule has 0 radical (unpaired) electrons. The van der Waals surface area contributed by atoms with Crippen LogP contribution in [0.3, 0.4) is 0 Å². The van der Waals surface area contributed by atoms with Crippen LogP contribution < -0.4 is 10.2 Å². The lowest BCUT2D eigenvalue weighted by Gasteiger charge is -2.18. The molecule has 1 saturated carbocycles. The van der Waals surface area contributed by atoms with Gasteiger partial charge in [0.15, 0.2) is 0 Å². The van der Waals surface area contributed by atoms with Gasteiger partial charge in [0.2, 0.25) is 5.43 Å². The summed E-state index contributed by atoms with van der Waals surface area (Å²) in [6.45, 7) is 3.09. The SMILES string of the molecule is Cc1ccc(OCCN(C)C)c2c1c(=O)c(C(=O)O)cn2C1CC1. The van der Waals surface area contributed by atoms with E-state index in [1.165, 1.54) is 6.20 Å². The Morgan fingerprint density at radius 3 is 2.67 bits per heavy atom. The molecule has 1 N–H and O–H groups in total. The fourth-order valence-corrected chi connectivity index (χ4v) is 2.86. The maximum atomic E-state index is 12.7. The summed E-state index contributed by atoms with van der Waals surface area (Å²) >= 11 is 0. The van der Waals surface area contributed by atoms with Crippen LogP contribution >= 0.6 is 0 Å². The third-order valence-corrected chi connectivity index (χ3v) is 4.31. The van der Waals surface area contributed by atoms with Crippen LogP contribution in [-0.4, -0.2) is 47.8 Å². The van der Waals surface area contributed by atoms with Crippen LogP contribution in [0.2, 0.25) is 0 Å². The van der Waals surface area contributed by atoms with Crippen LogP contribution in [0.1, 0.15) is 34.8 Å². The molecule has 1 aliphatic carbocycles. The molecule has 0 atom stereocenters. The Bertz CT molecular complexity index is 850. The summed E-state index contributed by atoms with van der Waals surface area (Å²) in [5, 5.41) is 9.81. The predicted octanol–water partition coefficient (Wildman–Crippen LogP) is 2.28. The second kappa shape index (κ2) is 6.28. The van der Waals surface area contributed by atoms with Gasteiger partial charge in [-0.05, 0) is 45.5 Å². The first-order chi connectivity index (χ1) is 11.4. The number of pyridine rings is 1. The standard InChI is InChI=1S/C18H22N2O4/c1-11-4-7-14(24-9-8-19(2)3)16-15(11)17(21)13(18(22)23)10-20(16)12-5-6-12/h4,7,10,12H,5-6,8-9H2,1-3H3,(H,22,23). The molecule has 1 aromatic carbocycles. The number of likely N-dealkylation sites (N-methyl/N-ethyl adjacent to an activating group) is 1. The molecular formula is C18H22N2O4. The van der Waals surface area contributed by atoms with E-state index in [0.717, 1.165) is 24.9 Å². The molecular weight excluding hydrogens is 308 g/mol. The number of hydrogen-bond acceptors (Lipinski definition) is 4. The van der Waals surface area contributed by atoms with Crippen molar-refractivity contribution in [3.63, 3.8) is 0 Å². The van der Waals surface area contributed by atoms with Crippen molar-refractivity contribution >= 4 is 16.9 Å². The Hall–Kier alpha value is -2.34. The van der Waals surface area contributed by atoms with Crippen molar-refractivity contribution in [2.45, 2.75) is 25.8 Å². The number of hydrogen-bond donors (Lipinski definition) is 1. The van der Waals surface area contributed by atoms with E-state index in [-0.39, 0.29) is 11.6 Å². The number of aromatic carboxylic acids is 1. The molecule has 0 amide bonds. The van der Waals surface area contributed by atoms with Gasteiger partial charge in [0, 0.05) is 18.8 Å². The monoisotopic (exact) mass is 330 g/mol. The smallest absolute Gasteiger partial charge is 0.341 e. The van der Waals surface area contributed by atoms with Crippen molar-refractivity contribution in [2.75, 3.05) is 27.2 Å². The average Bonchev–Trinajstić information content (AvgIpc) is 3.33. The van der Waals surface area contributed by atoms with Gasteiger partial charge in [-0.15, -0.1) is 0 Å². The van der Waals surface area contributed by atoms with Crippen LogP contribution in [0.25, 0.3) is 10.9 Å². The maximum Gasteiger partial charge on any atom is 0.341 e. The summed E-state index contributed by atoms with van der Waals surface area (Å²) in [6.07, 6.45) is 3.45. The Morgan fingerprint density at radius 1 is 1.38 bits per heavy atom. The van der Waals surface area contributed by atoms with E-state index in [9.17, 15) is 14.7 Å². The number of fused-ring (bicyclic) bond motifs is 1. The number of aromatic nitrogens is 1. The number of carboxylic acid groups (broad SMARTS) is 1. The lowest BCUT2D eigenvalue weighted by Crippen LogP contribution is -2.22. The Labute approximate surface area is 140 Å². The highest BCUT2D eigenvalue weighted by Gasteiger charge is 2.28. The van der Waals surface area contributed by atoms with E-state index in [1.807, 2.05) is 42.6 Å². The molecule has 1 heterocycles. The van der Waals surface area contributed by atoms with Crippen molar-refractivity contribution in [1.82, 2.24) is 9.47 Å². The lowest BCUT2D eigenvalue weighted by atomic mass is 10.1. The summed E-state index contributed by atoms with van der Waals surface area (Å²) < 4.78 is 7.83. The van der Waals surface area contributed by atoms with E-state index in [4.69, 9.17) is 4.74 Å². The van der Waals surface area contributed by atoms with Crippen molar-refractivity contribution < 1.29 is 14.6 Å². The Balaban J connectivity index is 2.20. The Kier molecular flexibility index (Phi) is 4.32. The minimum atomic E-state index is -1.19.